The standard InChI is InChI=1S/C15H17FN4O/c16-13-7-11(3-4-14(13)17)10-20-15(21)8-12(9-18-20)19-5-1-2-6-19/h3-4,7-9H,1-2,5-6,10,17H2. The summed E-state index contributed by atoms with van der Waals surface area (Å²) in [6, 6.07) is 6.11. The van der Waals surface area contributed by atoms with Gasteiger partial charge in [0.05, 0.1) is 24.1 Å². The average Bonchev–Trinajstić information content (AvgIpc) is 2.99. The summed E-state index contributed by atoms with van der Waals surface area (Å²) in [7, 11) is 0. The Bertz CT molecular complexity index is 707. The predicted octanol–water partition coefficient (Wildman–Crippen LogP) is 1.61. The zero-order valence-corrected chi connectivity index (χ0v) is 11.6. The molecule has 5 nitrogen and oxygen atoms in total. The van der Waals surface area contributed by atoms with Crippen LogP contribution in [0.1, 0.15) is 18.4 Å². The lowest BCUT2D eigenvalue weighted by Gasteiger charge is -2.17. The van der Waals surface area contributed by atoms with Crippen LogP contribution in [0, 0.1) is 5.82 Å². The molecule has 2 N–H and O–H groups in total. The normalized spacial score (nSPS) is 14.6. The highest BCUT2D eigenvalue weighted by molar-refractivity contribution is 5.44. The molecule has 1 aromatic heterocycles. The van der Waals surface area contributed by atoms with Gasteiger partial charge in [-0.25, -0.2) is 9.07 Å². The van der Waals surface area contributed by atoms with Gasteiger partial charge in [-0.3, -0.25) is 4.79 Å². The summed E-state index contributed by atoms with van der Waals surface area (Å²) in [5, 5.41) is 4.18. The lowest BCUT2D eigenvalue weighted by Crippen LogP contribution is -2.26. The van der Waals surface area contributed by atoms with Crippen molar-refractivity contribution in [3.05, 3.63) is 52.2 Å². The summed E-state index contributed by atoms with van der Waals surface area (Å²) < 4.78 is 14.7. The van der Waals surface area contributed by atoms with Gasteiger partial charge < -0.3 is 10.6 Å². The van der Waals surface area contributed by atoms with Crippen LogP contribution in [0.2, 0.25) is 0 Å². The van der Waals surface area contributed by atoms with E-state index in [4.69, 9.17) is 5.73 Å². The van der Waals surface area contributed by atoms with Crippen LogP contribution in [0.15, 0.2) is 35.3 Å². The van der Waals surface area contributed by atoms with E-state index >= 15 is 0 Å². The van der Waals surface area contributed by atoms with Gasteiger partial charge in [0.1, 0.15) is 5.82 Å². The maximum Gasteiger partial charge on any atom is 0.269 e. The molecule has 2 aromatic rings. The molecule has 0 unspecified atom stereocenters. The Balaban J connectivity index is 1.82. The number of nitrogen functional groups attached to an aromatic ring is 1. The molecule has 110 valence electrons. The van der Waals surface area contributed by atoms with E-state index < -0.39 is 5.82 Å². The fourth-order valence-electron chi connectivity index (χ4n) is 2.53. The van der Waals surface area contributed by atoms with Crippen LogP contribution in [0.5, 0.6) is 0 Å². The minimum atomic E-state index is -0.478. The van der Waals surface area contributed by atoms with E-state index in [1.165, 1.54) is 16.8 Å². The van der Waals surface area contributed by atoms with Gasteiger partial charge in [-0.05, 0) is 30.5 Å². The van der Waals surface area contributed by atoms with E-state index in [-0.39, 0.29) is 17.8 Å². The third-order valence-corrected chi connectivity index (χ3v) is 3.72. The number of hydrogen-bond acceptors (Lipinski definition) is 4. The minimum absolute atomic E-state index is 0.100. The Morgan fingerprint density at radius 1 is 1.24 bits per heavy atom. The van der Waals surface area contributed by atoms with Gasteiger partial charge in [-0.15, -0.1) is 0 Å². The van der Waals surface area contributed by atoms with E-state index in [2.05, 4.69) is 10.00 Å². The summed E-state index contributed by atoms with van der Waals surface area (Å²) >= 11 is 0. The highest BCUT2D eigenvalue weighted by Crippen LogP contribution is 2.17. The molecule has 0 amide bonds. The monoisotopic (exact) mass is 288 g/mol. The Hall–Kier alpha value is -2.37. The van der Waals surface area contributed by atoms with Crippen molar-refractivity contribution in [3.63, 3.8) is 0 Å². The third-order valence-electron chi connectivity index (χ3n) is 3.72. The summed E-state index contributed by atoms with van der Waals surface area (Å²) in [5.74, 6) is -0.478. The van der Waals surface area contributed by atoms with Crippen LogP contribution in [-0.4, -0.2) is 22.9 Å². The number of rotatable bonds is 3. The number of benzene rings is 1. The molecule has 3 rings (SSSR count). The number of nitrogens with zero attached hydrogens (tertiary/aromatic N) is 3. The average molecular weight is 288 g/mol. The Morgan fingerprint density at radius 2 is 2.00 bits per heavy atom. The minimum Gasteiger partial charge on any atom is -0.396 e. The van der Waals surface area contributed by atoms with E-state index in [1.54, 1.807) is 18.3 Å². The molecule has 1 aliphatic rings. The lowest BCUT2D eigenvalue weighted by molar-refractivity contribution is 0.613. The summed E-state index contributed by atoms with van der Waals surface area (Å²) in [4.78, 5) is 14.3. The molecule has 1 fully saturated rings. The molecule has 0 saturated carbocycles. The van der Waals surface area contributed by atoms with Crippen LogP contribution in [0.25, 0.3) is 0 Å². The molecule has 2 heterocycles. The molecule has 0 spiro atoms. The van der Waals surface area contributed by atoms with Gasteiger partial charge in [0, 0.05) is 19.2 Å². The summed E-state index contributed by atoms with van der Waals surface area (Å²) in [5.41, 5.74) is 6.87. The van der Waals surface area contributed by atoms with Gasteiger partial charge in [-0.2, -0.15) is 5.10 Å². The zero-order chi connectivity index (χ0) is 14.8. The van der Waals surface area contributed by atoms with Crippen LogP contribution in [0.4, 0.5) is 15.8 Å². The summed E-state index contributed by atoms with van der Waals surface area (Å²) in [6.45, 7) is 2.17. The molecule has 0 atom stereocenters. The van der Waals surface area contributed by atoms with Crippen LogP contribution >= 0.6 is 0 Å². The van der Waals surface area contributed by atoms with Crippen molar-refractivity contribution in [1.82, 2.24) is 9.78 Å². The second-order valence-electron chi connectivity index (χ2n) is 5.26. The largest absolute Gasteiger partial charge is 0.396 e. The van der Waals surface area contributed by atoms with Crippen LogP contribution in [0.3, 0.4) is 0 Å². The molecule has 0 aliphatic carbocycles. The fourth-order valence-corrected chi connectivity index (χ4v) is 2.53. The molecule has 0 radical (unpaired) electrons. The first-order chi connectivity index (χ1) is 10.1. The van der Waals surface area contributed by atoms with E-state index in [1.807, 2.05) is 0 Å². The van der Waals surface area contributed by atoms with Crippen molar-refractivity contribution in [2.45, 2.75) is 19.4 Å². The number of anilines is 2. The highest BCUT2D eigenvalue weighted by atomic mass is 19.1. The van der Waals surface area contributed by atoms with Crippen molar-refractivity contribution >= 4 is 11.4 Å². The fraction of sp³-hybridized carbons (Fsp3) is 0.333. The maximum absolute atomic E-state index is 13.4. The van der Waals surface area contributed by atoms with Gasteiger partial charge in [-0.1, -0.05) is 6.07 Å². The number of nitrogens with two attached hydrogens (primary N) is 1. The first-order valence-electron chi connectivity index (χ1n) is 6.99. The third kappa shape index (κ3) is 2.89. The van der Waals surface area contributed by atoms with Crippen molar-refractivity contribution < 1.29 is 4.39 Å². The Morgan fingerprint density at radius 3 is 2.67 bits per heavy atom. The number of aromatic nitrogens is 2. The van der Waals surface area contributed by atoms with Gasteiger partial charge in [0.25, 0.3) is 5.56 Å². The second kappa shape index (κ2) is 5.55. The van der Waals surface area contributed by atoms with Gasteiger partial charge in [0.15, 0.2) is 0 Å². The predicted molar refractivity (Wildman–Crippen MR) is 79.9 cm³/mol. The van der Waals surface area contributed by atoms with Gasteiger partial charge in [0.2, 0.25) is 0 Å². The second-order valence-corrected chi connectivity index (χ2v) is 5.26. The van der Waals surface area contributed by atoms with Crippen molar-refractivity contribution in [1.29, 1.82) is 0 Å². The number of hydrogen-bond donors (Lipinski definition) is 1. The number of halogens is 1. The van der Waals surface area contributed by atoms with Crippen LogP contribution < -0.4 is 16.2 Å². The molecular formula is C15H17FN4O. The van der Waals surface area contributed by atoms with E-state index in [9.17, 15) is 9.18 Å². The lowest BCUT2D eigenvalue weighted by atomic mass is 10.2. The van der Waals surface area contributed by atoms with Crippen molar-refractivity contribution in [2.24, 2.45) is 0 Å². The maximum atomic E-state index is 13.4. The summed E-state index contributed by atoms with van der Waals surface area (Å²) in [6.07, 6.45) is 3.99. The van der Waals surface area contributed by atoms with Crippen molar-refractivity contribution in [2.75, 3.05) is 23.7 Å². The van der Waals surface area contributed by atoms with Crippen LogP contribution in [-0.2, 0) is 6.54 Å². The topological polar surface area (TPSA) is 64.2 Å². The first-order valence-corrected chi connectivity index (χ1v) is 6.99. The van der Waals surface area contributed by atoms with Gasteiger partial charge >= 0.3 is 0 Å². The quantitative estimate of drug-likeness (QED) is 0.872. The molecular weight excluding hydrogens is 271 g/mol. The first kappa shape index (κ1) is 13.6. The molecule has 1 saturated heterocycles. The molecule has 1 aromatic carbocycles. The molecule has 21 heavy (non-hydrogen) atoms. The Labute approximate surface area is 121 Å². The molecule has 6 heteroatoms. The zero-order valence-electron chi connectivity index (χ0n) is 11.6. The smallest absolute Gasteiger partial charge is 0.269 e. The highest BCUT2D eigenvalue weighted by Gasteiger charge is 2.13. The van der Waals surface area contributed by atoms with Crippen molar-refractivity contribution in [3.8, 4) is 0 Å². The Kier molecular flexibility index (Phi) is 3.60. The SMILES string of the molecule is Nc1ccc(Cn2ncc(N3CCCC3)cc2=O)cc1F. The van der Waals surface area contributed by atoms with E-state index in [0.29, 0.717) is 5.56 Å². The molecule has 0 bridgehead atoms. The molecule has 1 aliphatic heterocycles. The van der Waals surface area contributed by atoms with E-state index in [0.717, 1.165) is 31.6 Å².